The zero-order valence-electron chi connectivity index (χ0n) is 19.1. The topological polar surface area (TPSA) is 55.5 Å². The monoisotopic (exact) mass is 430 g/mol. The van der Waals surface area contributed by atoms with Gasteiger partial charge in [-0.1, -0.05) is 60.7 Å². The van der Waals surface area contributed by atoms with E-state index in [-0.39, 0.29) is 17.7 Å². The van der Waals surface area contributed by atoms with E-state index >= 15 is 0 Å². The fourth-order valence-corrected chi connectivity index (χ4v) is 4.43. The number of quaternary nitrogens is 1. The van der Waals surface area contributed by atoms with Gasteiger partial charge in [0.25, 0.3) is 5.91 Å². The van der Waals surface area contributed by atoms with E-state index in [1.54, 1.807) is 0 Å². The van der Waals surface area contributed by atoms with Crippen molar-refractivity contribution in [2.24, 2.45) is 0 Å². The van der Waals surface area contributed by atoms with Crippen molar-refractivity contribution in [2.45, 2.75) is 38.8 Å². The summed E-state index contributed by atoms with van der Waals surface area (Å²) in [4.78, 5) is 26.2. The van der Waals surface area contributed by atoms with Crippen LogP contribution in [-0.4, -0.2) is 42.4 Å². The van der Waals surface area contributed by atoms with Gasteiger partial charge in [0.05, 0.1) is 13.1 Å². The van der Waals surface area contributed by atoms with Gasteiger partial charge in [-0.2, -0.15) is 0 Å². The van der Waals surface area contributed by atoms with Gasteiger partial charge in [0.15, 0.2) is 6.54 Å². The van der Waals surface area contributed by atoms with E-state index in [2.05, 4.69) is 65.3 Å². The number of likely N-dealkylation sites (N-methyl/N-ethyl adjacent to an activating group) is 1. The Morgan fingerprint density at radius 2 is 1.53 bits per heavy atom. The largest absolute Gasteiger partial charge is 0.348 e. The molecular weight excluding hydrogens is 398 g/mol. The minimum absolute atomic E-state index is 0.00616. The van der Waals surface area contributed by atoms with Crippen molar-refractivity contribution >= 4 is 11.7 Å². The number of nitrogens with one attached hydrogen (secondary N) is 2. The first-order valence-electron chi connectivity index (χ1n) is 11.4. The summed E-state index contributed by atoms with van der Waals surface area (Å²) in [7, 11) is 1.90. The number of ketones is 1. The van der Waals surface area contributed by atoms with Crippen LogP contribution >= 0.6 is 0 Å². The van der Waals surface area contributed by atoms with Crippen molar-refractivity contribution in [3.63, 3.8) is 0 Å². The Morgan fingerprint density at radius 3 is 2.06 bits per heavy atom. The van der Waals surface area contributed by atoms with Crippen LogP contribution in [0.3, 0.4) is 0 Å². The van der Waals surface area contributed by atoms with Gasteiger partial charge in [0.2, 0.25) is 5.78 Å². The number of aryl methyl sites for hydroxylation is 1. The molecule has 0 spiro atoms. The van der Waals surface area contributed by atoms with E-state index in [4.69, 9.17) is 0 Å². The molecule has 5 nitrogen and oxygen atoms in total. The molecule has 0 bridgehead atoms. The van der Waals surface area contributed by atoms with Crippen molar-refractivity contribution in [3.8, 4) is 0 Å². The predicted octanol–water partition coefficient (Wildman–Crippen LogP) is 2.72. The summed E-state index contributed by atoms with van der Waals surface area (Å²) in [5.74, 6) is 0.0948. The zero-order valence-corrected chi connectivity index (χ0v) is 19.1. The molecule has 4 rings (SSSR count). The number of benzene rings is 2. The lowest BCUT2D eigenvalue weighted by atomic mass is 9.98. The number of hydrogen-bond donors (Lipinski definition) is 2. The predicted molar refractivity (Wildman–Crippen MR) is 126 cm³/mol. The molecule has 1 amide bonds. The van der Waals surface area contributed by atoms with E-state index in [9.17, 15) is 9.59 Å². The molecule has 0 radical (unpaired) electrons. The quantitative estimate of drug-likeness (QED) is 0.513. The zero-order chi connectivity index (χ0) is 22.7. The molecule has 1 heterocycles. The number of aromatic nitrogens is 1. The Bertz CT molecular complexity index is 1050. The molecular formula is C27H32N3O2+. The normalized spacial score (nSPS) is 14.4. The third kappa shape index (κ3) is 5.00. The molecule has 1 aliphatic rings. The lowest BCUT2D eigenvalue weighted by Crippen LogP contribution is -3.11. The summed E-state index contributed by atoms with van der Waals surface area (Å²) in [6.07, 6.45) is 2.14. The smallest absolute Gasteiger partial charge is 0.275 e. The molecule has 3 aromatic rings. The van der Waals surface area contributed by atoms with Gasteiger partial charge < -0.3 is 14.8 Å². The van der Waals surface area contributed by atoms with E-state index in [0.717, 1.165) is 34.7 Å². The van der Waals surface area contributed by atoms with Gasteiger partial charge in [-0.3, -0.25) is 9.59 Å². The average Bonchev–Trinajstić information content (AvgIpc) is 3.54. The molecule has 1 atom stereocenters. The van der Waals surface area contributed by atoms with Crippen LogP contribution in [-0.2, 0) is 4.79 Å². The Labute approximate surface area is 190 Å². The van der Waals surface area contributed by atoms with Crippen LogP contribution in [0.25, 0.3) is 0 Å². The molecule has 0 aliphatic heterocycles. The number of amides is 1. The lowest BCUT2D eigenvalue weighted by Gasteiger charge is -2.24. The average molecular weight is 431 g/mol. The first-order valence-corrected chi connectivity index (χ1v) is 11.4. The standard InChI is InChI=1S/C27H31N3O2/c1-19-16-24(25(31)17-29(3)18-26(32)28-23-14-15-23)20(2)30(19)27(21-10-6-4-7-11-21)22-12-8-5-9-13-22/h4-13,16,23,27H,14-15,17-18H2,1-3H3,(H,28,32)/p+1. The second-order valence-electron chi connectivity index (χ2n) is 8.95. The Kier molecular flexibility index (Phi) is 6.56. The maximum atomic E-state index is 13.2. The summed E-state index contributed by atoms with van der Waals surface area (Å²) in [6.45, 7) is 4.69. The molecule has 1 unspecified atom stereocenters. The summed E-state index contributed by atoms with van der Waals surface area (Å²) < 4.78 is 2.26. The number of nitrogens with zero attached hydrogens (tertiary/aromatic N) is 1. The summed E-state index contributed by atoms with van der Waals surface area (Å²) in [6, 6.07) is 23.1. The van der Waals surface area contributed by atoms with Gasteiger partial charge in [0.1, 0.15) is 6.54 Å². The van der Waals surface area contributed by atoms with Crippen LogP contribution < -0.4 is 10.2 Å². The molecule has 1 saturated carbocycles. The fourth-order valence-electron chi connectivity index (χ4n) is 4.43. The van der Waals surface area contributed by atoms with E-state index in [0.29, 0.717) is 19.1 Å². The van der Waals surface area contributed by atoms with Gasteiger partial charge >= 0.3 is 0 Å². The first-order chi connectivity index (χ1) is 15.4. The van der Waals surface area contributed by atoms with Crippen molar-refractivity contribution < 1.29 is 14.5 Å². The Hall–Kier alpha value is -3.18. The Balaban J connectivity index is 1.59. The number of carbonyl (C=O) groups is 2. The van der Waals surface area contributed by atoms with Crippen LogP contribution in [0.5, 0.6) is 0 Å². The van der Waals surface area contributed by atoms with Gasteiger partial charge in [-0.15, -0.1) is 0 Å². The third-order valence-corrected chi connectivity index (χ3v) is 6.14. The summed E-state index contributed by atoms with van der Waals surface area (Å²) in [5, 5.41) is 3.00. The Morgan fingerprint density at radius 1 is 0.969 bits per heavy atom. The maximum absolute atomic E-state index is 13.2. The second-order valence-corrected chi connectivity index (χ2v) is 8.95. The van der Waals surface area contributed by atoms with Crippen molar-refractivity contribution in [3.05, 3.63) is 94.8 Å². The highest BCUT2D eigenvalue weighted by Crippen LogP contribution is 2.31. The maximum Gasteiger partial charge on any atom is 0.275 e. The van der Waals surface area contributed by atoms with Crippen LogP contribution in [0.4, 0.5) is 0 Å². The highest BCUT2D eigenvalue weighted by Gasteiger charge is 2.27. The number of Topliss-reactive ketones (excluding diaryl/α,β-unsaturated/α-hetero) is 1. The van der Waals surface area contributed by atoms with Crippen molar-refractivity contribution in [2.75, 3.05) is 20.1 Å². The highest BCUT2D eigenvalue weighted by molar-refractivity contribution is 5.98. The minimum atomic E-state index is -0.00616. The number of carbonyl (C=O) groups excluding carboxylic acids is 2. The van der Waals surface area contributed by atoms with Crippen molar-refractivity contribution in [1.29, 1.82) is 0 Å². The molecule has 1 fully saturated rings. The SMILES string of the molecule is Cc1cc(C(=O)C[NH+](C)CC(=O)NC2CC2)c(C)n1C(c1ccccc1)c1ccccc1. The number of hydrogen-bond acceptors (Lipinski definition) is 2. The molecule has 0 saturated heterocycles. The van der Waals surface area contributed by atoms with Crippen LogP contribution in [0.2, 0.25) is 0 Å². The minimum Gasteiger partial charge on any atom is -0.348 e. The molecule has 32 heavy (non-hydrogen) atoms. The summed E-state index contributed by atoms with van der Waals surface area (Å²) in [5.41, 5.74) is 5.10. The van der Waals surface area contributed by atoms with Gasteiger partial charge in [-0.25, -0.2) is 0 Å². The molecule has 2 N–H and O–H groups in total. The molecule has 2 aromatic carbocycles. The van der Waals surface area contributed by atoms with E-state index in [1.807, 2.05) is 32.2 Å². The van der Waals surface area contributed by atoms with Crippen LogP contribution in [0.1, 0.15) is 51.8 Å². The van der Waals surface area contributed by atoms with Crippen molar-refractivity contribution in [1.82, 2.24) is 9.88 Å². The molecule has 1 aromatic heterocycles. The van der Waals surface area contributed by atoms with Gasteiger partial charge in [0, 0.05) is 23.0 Å². The van der Waals surface area contributed by atoms with Gasteiger partial charge in [-0.05, 0) is 43.9 Å². The van der Waals surface area contributed by atoms with E-state index in [1.165, 1.54) is 11.1 Å². The second kappa shape index (κ2) is 9.53. The number of rotatable bonds is 9. The highest BCUT2D eigenvalue weighted by atomic mass is 16.2. The first kappa shape index (κ1) is 22.0. The summed E-state index contributed by atoms with van der Waals surface area (Å²) >= 11 is 0. The molecule has 1 aliphatic carbocycles. The lowest BCUT2D eigenvalue weighted by molar-refractivity contribution is -0.862. The molecule has 166 valence electrons. The third-order valence-electron chi connectivity index (χ3n) is 6.14. The fraction of sp³-hybridized carbons (Fsp3) is 0.333. The van der Waals surface area contributed by atoms with Crippen LogP contribution in [0, 0.1) is 13.8 Å². The van der Waals surface area contributed by atoms with Crippen LogP contribution in [0.15, 0.2) is 66.7 Å². The molecule has 5 heteroatoms. The van der Waals surface area contributed by atoms with E-state index < -0.39 is 0 Å².